The highest BCUT2D eigenvalue weighted by Gasteiger charge is 2.44. The van der Waals surface area contributed by atoms with Crippen molar-refractivity contribution in [3.63, 3.8) is 0 Å². The Labute approximate surface area is 90.4 Å². The van der Waals surface area contributed by atoms with Gasteiger partial charge in [0.2, 0.25) is 0 Å². The van der Waals surface area contributed by atoms with E-state index in [1.807, 2.05) is 0 Å². The molecule has 1 aliphatic carbocycles. The molecular weight excluding hydrogens is 249 g/mol. The van der Waals surface area contributed by atoms with E-state index in [1.54, 1.807) is 12.1 Å². The fourth-order valence-corrected chi connectivity index (χ4v) is 2.23. The van der Waals surface area contributed by atoms with Crippen LogP contribution in [0.4, 0.5) is 4.39 Å². The smallest absolute Gasteiger partial charge is 0.171 e. The molecule has 0 bridgehead atoms. The van der Waals surface area contributed by atoms with E-state index in [-0.39, 0.29) is 11.6 Å². The van der Waals surface area contributed by atoms with Gasteiger partial charge in [0, 0.05) is 15.6 Å². The molecule has 0 amide bonds. The number of hydrogen-bond acceptors (Lipinski definition) is 2. The Hall–Kier alpha value is -0.610. The van der Waals surface area contributed by atoms with Gasteiger partial charge in [-0.1, -0.05) is 15.9 Å². The van der Waals surface area contributed by atoms with Crippen LogP contribution in [-0.2, 0) is 5.54 Å². The number of benzene rings is 1. The number of methoxy groups -OCH3 is 1. The van der Waals surface area contributed by atoms with Crippen molar-refractivity contribution in [2.45, 2.75) is 18.4 Å². The second-order valence-corrected chi connectivity index (χ2v) is 4.45. The number of ether oxygens (including phenoxy) is 1. The van der Waals surface area contributed by atoms with Gasteiger partial charge in [-0.15, -0.1) is 0 Å². The van der Waals surface area contributed by atoms with Crippen molar-refractivity contribution in [3.8, 4) is 5.75 Å². The van der Waals surface area contributed by atoms with Gasteiger partial charge in [0.25, 0.3) is 0 Å². The van der Waals surface area contributed by atoms with Crippen LogP contribution in [0.2, 0.25) is 0 Å². The quantitative estimate of drug-likeness (QED) is 0.886. The van der Waals surface area contributed by atoms with Gasteiger partial charge in [-0.2, -0.15) is 0 Å². The van der Waals surface area contributed by atoms with Gasteiger partial charge in [-0.3, -0.25) is 0 Å². The summed E-state index contributed by atoms with van der Waals surface area (Å²) in [6.45, 7) is 0. The first kappa shape index (κ1) is 9.93. The Bertz CT molecular complexity index is 377. The molecule has 1 fully saturated rings. The van der Waals surface area contributed by atoms with Crippen molar-refractivity contribution in [1.82, 2.24) is 0 Å². The molecule has 2 nitrogen and oxygen atoms in total. The van der Waals surface area contributed by atoms with Crippen molar-refractivity contribution < 1.29 is 9.13 Å². The van der Waals surface area contributed by atoms with Crippen LogP contribution in [0.15, 0.2) is 16.6 Å². The molecule has 0 heterocycles. The zero-order valence-electron chi connectivity index (χ0n) is 7.81. The minimum Gasteiger partial charge on any atom is -0.494 e. The Balaban J connectivity index is 2.56. The first-order chi connectivity index (χ1) is 6.58. The highest BCUT2D eigenvalue weighted by Crippen LogP contribution is 2.48. The summed E-state index contributed by atoms with van der Waals surface area (Å²) >= 11 is 3.31. The maximum Gasteiger partial charge on any atom is 0.171 e. The van der Waals surface area contributed by atoms with Gasteiger partial charge in [-0.05, 0) is 25.0 Å². The highest BCUT2D eigenvalue weighted by atomic mass is 79.9. The fourth-order valence-electron chi connectivity index (χ4n) is 1.53. The maximum absolute atomic E-state index is 13.8. The molecule has 0 unspecified atom stereocenters. The SMILES string of the molecule is COc1ccc(Br)c(C2(N)CC2)c1F. The van der Waals surface area contributed by atoms with Crippen molar-refractivity contribution in [3.05, 3.63) is 28.0 Å². The summed E-state index contributed by atoms with van der Waals surface area (Å²) in [7, 11) is 1.45. The van der Waals surface area contributed by atoms with Gasteiger partial charge in [0.05, 0.1) is 7.11 Å². The van der Waals surface area contributed by atoms with Crippen LogP contribution in [0.1, 0.15) is 18.4 Å². The second kappa shape index (κ2) is 3.21. The van der Waals surface area contributed by atoms with Crippen molar-refractivity contribution in [2.24, 2.45) is 5.73 Å². The van der Waals surface area contributed by atoms with Crippen LogP contribution < -0.4 is 10.5 Å². The number of halogens is 2. The predicted molar refractivity (Wildman–Crippen MR) is 55.8 cm³/mol. The molecule has 1 aromatic rings. The highest BCUT2D eigenvalue weighted by molar-refractivity contribution is 9.10. The first-order valence-electron chi connectivity index (χ1n) is 4.40. The van der Waals surface area contributed by atoms with Crippen LogP contribution in [0, 0.1) is 5.82 Å². The van der Waals surface area contributed by atoms with Crippen LogP contribution >= 0.6 is 15.9 Å². The summed E-state index contributed by atoms with van der Waals surface area (Å²) in [5.74, 6) is -0.0956. The lowest BCUT2D eigenvalue weighted by molar-refractivity contribution is 0.381. The molecule has 76 valence electrons. The third-order valence-corrected chi connectivity index (χ3v) is 3.22. The minimum atomic E-state index is -0.489. The summed E-state index contributed by atoms with van der Waals surface area (Å²) in [6.07, 6.45) is 1.66. The number of nitrogens with two attached hydrogens (primary N) is 1. The van der Waals surface area contributed by atoms with Crippen LogP contribution in [-0.4, -0.2) is 7.11 Å². The van der Waals surface area contributed by atoms with Crippen LogP contribution in [0.3, 0.4) is 0 Å². The lowest BCUT2D eigenvalue weighted by atomic mass is 10.0. The minimum absolute atomic E-state index is 0.250. The Morgan fingerprint density at radius 2 is 2.14 bits per heavy atom. The van der Waals surface area contributed by atoms with Crippen LogP contribution in [0.5, 0.6) is 5.75 Å². The molecule has 0 spiro atoms. The van der Waals surface area contributed by atoms with E-state index in [4.69, 9.17) is 10.5 Å². The van der Waals surface area contributed by atoms with E-state index in [0.29, 0.717) is 5.56 Å². The summed E-state index contributed by atoms with van der Waals surface area (Å²) < 4.78 is 19.5. The van der Waals surface area contributed by atoms with Gasteiger partial charge in [0.15, 0.2) is 11.6 Å². The molecular formula is C10H11BrFNO. The molecule has 1 saturated carbocycles. The van der Waals surface area contributed by atoms with E-state index >= 15 is 0 Å². The van der Waals surface area contributed by atoms with Gasteiger partial charge in [-0.25, -0.2) is 4.39 Å². The Kier molecular flexibility index (Phi) is 2.27. The Morgan fingerprint density at radius 1 is 1.50 bits per heavy atom. The molecule has 0 saturated heterocycles. The molecule has 1 aromatic carbocycles. The van der Waals surface area contributed by atoms with Crippen LogP contribution in [0.25, 0.3) is 0 Å². The van der Waals surface area contributed by atoms with Crippen molar-refractivity contribution in [2.75, 3.05) is 7.11 Å². The van der Waals surface area contributed by atoms with E-state index in [0.717, 1.165) is 17.3 Å². The number of hydrogen-bond donors (Lipinski definition) is 1. The van der Waals surface area contributed by atoms with Crippen molar-refractivity contribution in [1.29, 1.82) is 0 Å². The summed E-state index contributed by atoms with van der Waals surface area (Å²) in [6, 6.07) is 3.36. The van der Waals surface area contributed by atoms with Gasteiger partial charge < -0.3 is 10.5 Å². The average Bonchev–Trinajstić information content (AvgIpc) is 2.85. The monoisotopic (exact) mass is 259 g/mol. The summed E-state index contributed by atoms with van der Waals surface area (Å²) in [5, 5.41) is 0. The molecule has 0 atom stereocenters. The summed E-state index contributed by atoms with van der Waals surface area (Å²) in [5.41, 5.74) is 6.02. The zero-order valence-corrected chi connectivity index (χ0v) is 9.40. The molecule has 0 aliphatic heterocycles. The standard InChI is InChI=1S/C10H11BrFNO/c1-14-7-3-2-6(11)8(9(7)12)10(13)4-5-10/h2-3H,4-5,13H2,1H3. The normalized spacial score (nSPS) is 18.0. The second-order valence-electron chi connectivity index (χ2n) is 3.59. The summed E-state index contributed by atoms with van der Waals surface area (Å²) in [4.78, 5) is 0. The average molecular weight is 260 g/mol. The lowest BCUT2D eigenvalue weighted by Gasteiger charge is -2.14. The van der Waals surface area contributed by atoms with E-state index < -0.39 is 5.54 Å². The largest absolute Gasteiger partial charge is 0.494 e. The topological polar surface area (TPSA) is 35.2 Å². The van der Waals surface area contributed by atoms with E-state index in [9.17, 15) is 4.39 Å². The fraction of sp³-hybridized carbons (Fsp3) is 0.400. The molecule has 0 radical (unpaired) electrons. The number of rotatable bonds is 2. The van der Waals surface area contributed by atoms with E-state index in [1.165, 1.54) is 7.11 Å². The molecule has 4 heteroatoms. The maximum atomic E-state index is 13.8. The molecule has 2 N–H and O–H groups in total. The molecule has 0 aromatic heterocycles. The van der Waals surface area contributed by atoms with Crippen molar-refractivity contribution >= 4 is 15.9 Å². The van der Waals surface area contributed by atoms with Gasteiger partial charge in [0.1, 0.15) is 0 Å². The lowest BCUT2D eigenvalue weighted by Crippen LogP contribution is -2.21. The third-order valence-electron chi connectivity index (χ3n) is 2.56. The van der Waals surface area contributed by atoms with Gasteiger partial charge >= 0.3 is 0 Å². The molecule has 1 aliphatic rings. The first-order valence-corrected chi connectivity index (χ1v) is 5.19. The molecule has 2 rings (SSSR count). The Morgan fingerprint density at radius 3 is 2.64 bits per heavy atom. The molecule has 14 heavy (non-hydrogen) atoms. The van der Waals surface area contributed by atoms with E-state index in [2.05, 4.69) is 15.9 Å². The zero-order chi connectivity index (χ0) is 10.3. The predicted octanol–water partition coefficient (Wildman–Crippen LogP) is 2.54. The third kappa shape index (κ3) is 1.42.